The number of nitrogens with zero attached hydrogens (tertiary/aromatic N) is 2. The van der Waals surface area contributed by atoms with E-state index in [0.29, 0.717) is 13.1 Å². The SMILES string of the molecule is Cc1cnc(-c2ccccc2)n1CCNC(=O)C1(c2ccccc2)CCCC1. The number of carbonyl (C=O) groups excluding carboxylic acids is 1. The topological polar surface area (TPSA) is 46.9 Å². The van der Waals surface area contributed by atoms with Crippen LogP contribution in [0.4, 0.5) is 0 Å². The van der Waals surface area contributed by atoms with Crippen LogP contribution in [0.1, 0.15) is 36.9 Å². The lowest BCUT2D eigenvalue weighted by Gasteiger charge is -2.28. The lowest BCUT2D eigenvalue weighted by atomic mass is 9.78. The highest BCUT2D eigenvalue weighted by atomic mass is 16.2. The van der Waals surface area contributed by atoms with Crippen molar-refractivity contribution in [3.63, 3.8) is 0 Å². The molecule has 28 heavy (non-hydrogen) atoms. The molecule has 1 aromatic heterocycles. The zero-order chi connectivity index (χ0) is 19.4. The first-order valence-electron chi connectivity index (χ1n) is 10.1. The van der Waals surface area contributed by atoms with Gasteiger partial charge in [0.1, 0.15) is 5.82 Å². The van der Waals surface area contributed by atoms with Gasteiger partial charge in [-0.05, 0) is 25.3 Å². The fourth-order valence-corrected chi connectivity index (χ4v) is 4.39. The molecule has 3 aromatic rings. The van der Waals surface area contributed by atoms with Crippen molar-refractivity contribution in [1.29, 1.82) is 0 Å². The van der Waals surface area contributed by atoms with Crippen molar-refractivity contribution < 1.29 is 4.79 Å². The van der Waals surface area contributed by atoms with Crippen molar-refractivity contribution in [1.82, 2.24) is 14.9 Å². The van der Waals surface area contributed by atoms with Gasteiger partial charge in [-0.3, -0.25) is 4.79 Å². The molecule has 0 radical (unpaired) electrons. The molecule has 1 amide bonds. The number of imidazole rings is 1. The van der Waals surface area contributed by atoms with Gasteiger partial charge in [-0.2, -0.15) is 0 Å². The van der Waals surface area contributed by atoms with Gasteiger partial charge in [-0.15, -0.1) is 0 Å². The molecule has 1 N–H and O–H groups in total. The van der Waals surface area contributed by atoms with Crippen LogP contribution in [-0.4, -0.2) is 22.0 Å². The maximum absolute atomic E-state index is 13.2. The van der Waals surface area contributed by atoms with E-state index >= 15 is 0 Å². The summed E-state index contributed by atoms with van der Waals surface area (Å²) < 4.78 is 2.18. The minimum absolute atomic E-state index is 0.162. The van der Waals surface area contributed by atoms with Crippen molar-refractivity contribution in [2.24, 2.45) is 0 Å². The van der Waals surface area contributed by atoms with Crippen molar-refractivity contribution in [2.75, 3.05) is 6.54 Å². The molecule has 0 unspecified atom stereocenters. The van der Waals surface area contributed by atoms with Gasteiger partial charge in [0, 0.05) is 30.5 Å². The Labute approximate surface area is 166 Å². The number of carbonyl (C=O) groups is 1. The van der Waals surface area contributed by atoms with Crippen LogP contribution in [0.15, 0.2) is 66.9 Å². The Hall–Kier alpha value is -2.88. The zero-order valence-corrected chi connectivity index (χ0v) is 16.4. The molecule has 1 heterocycles. The van der Waals surface area contributed by atoms with Crippen LogP contribution in [0.25, 0.3) is 11.4 Å². The number of aryl methyl sites for hydroxylation is 1. The standard InChI is InChI=1S/C24H27N3O/c1-19-18-26-22(20-10-4-2-5-11-20)27(19)17-16-25-23(28)24(14-8-9-15-24)21-12-6-3-7-13-21/h2-7,10-13,18H,8-9,14-17H2,1H3,(H,25,28). The van der Waals surface area contributed by atoms with Gasteiger partial charge < -0.3 is 9.88 Å². The normalized spacial score (nSPS) is 15.5. The smallest absolute Gasteiger partial charge is 0.230 e. The highest BCUT2D eigenvalue weighted by molar-refractivity contribution is 5.88. The number of hydrogen-bond acceptors (Lipinski definition) is 2. The number of amides is 1. The second-order valence-electron chi connectivity index (χ2n) is 7.65. The summed E-state index contributed by atoms with van der Waals surface area (Å²) in [6.07, 6.45) is 5.99. The predicted octanol–water partition coefficient (Wildman–Crippen LogP) is 4.49. The first kappa shape index (κ1) is 18.5. The third-order valence-corrected chi connectivity index (χ3v) is 5.93. The summed E-state index contributed by atoms with van der Waals surface area (Å²) in [5.41, 5.74) is 2.98. The van der Waals surface area contributed by atoms with Crippen LogP contribution in [0, 0.1) is 6.92 Å². The van der Waals surface area contributed by atoms with Gasteiger partial charge in [0.15, 0.2) is 0 Å². The van der Waals surface area contributed by atoms with Gasteiger partial charge in [-0.25, -0.2) is 4.98 Å². The Bertz CT molecular complexity index is 925. The van der Waals surface area contributed by atoms with Crippen molar-refractivity contribution in [2.45, 2.75) is 44.6 Å². The Morgan fingerprint density at radius 2 is 1.68 bits per heavy atom. The number of aromatic nitrogens is 2. The summed E-state index contributed by atoms with van der Waals surface area (Å²) in [7, 11) is 0. The molecule has 1 aliphatic rings. The Balaban J connectivity index is 1.47. The lowest BCUT2D eigenvalue weighted by Crippen LogP contribution is -2.43. The minimum atomic E-state index is -0.368. The molecule has 1 saturated carbocycles. The summed E-state index contributed by atoms with van der Waals surface area (Å²) in [4.78, 5) is 17.8. The van der Waals surface area contributed by atoms with Crippen LogP contribution in [0.2, 0.25) is 0 Å². The Kier molecular flexibility index (Phi) is 5.29. The molecule has 0 spiro atoms. The predicted molar refractivity (Wildman–Crippen MR) is 112 cm³/mol. The second-order valence-corrected chi connectivity index (χ2v) is 7.65. The Morgan fingerprint density at radius 1 is 1.04 bits per heavy atom. The Morgan fingerprint density at radius 3 is 2.36 bits per heavy atom. The fraction of sp³-hybridized carbons (Fsp3) is 0.333. The average Bonchev–Trinajstić information content (AvgIpc) is 3.38. The molecular weight excluding hydrogens is 346 g/mol. The van der Waals surface area contributed by atoms with E-state index in [9.17, 15) is 4.79 Å². The molecule has 4 rings (SSSR count). The third-order valence-electron chi connectivity index (χ3n) is 5.93. The molecule has 1 fully saturated rings. The summed E-state index contributed by atoms with van der Waals surface area (Å²) in [6.45, 7) is 3.38. The van der Waals surface area contributed by atoms with Gasteiger partial charge in [0.25, 0.3) is 0 Å². The van der Waals surface area contributed by atoms with Crippen molar-refractivity contribution >= 4 is 5.91 Å². The molecule has 2 aromatic carbocycles. The molecule has 0 aliphatic heterocycles. The molecule has 0 atom stereocenters. The third kappa shape index (κ3) is 3.47. The summed E-state index contributed by atoms with van der Waals surface area (Å²) in [5.74, 6) is 1.11. The van der Waals surface area contributed by atoms with E-state index in [2.05, 4.69) is 46.1 Å². The van der Waals surface area contributed by atoms with Gasteiger partial charge in [0.2, 0.25) is 5.91 Å². The summed E-state index contributed by atoms with van der Waals surface area (Å²) in [5, 5.41) is 3.22. The van der Waals surface area contributed by atoms with E-state index in [1.807, 2.05) is 42.6 Å². The molecule has 144 valence electrons. The average molecular weight is 374 g/mol. The largest absolute Gasteiger partial charge is 0.354 e. The monoisotopic (exact) mass is 373 g/mol. The van der Waals surface area contributed by atoms with Crippen LogP contribution in [-0.2, 0) is 16.8 Å². The van der Waals surface area contributed by atoms with Crippen LogP contribution >= 0.6 is 0 Å². The van der Waals surface area contributed by atoms with Gasteiger partial charge in [0.05, 0.1) is 5.41 Å². The van der Waals surface area contributed by atoms with E-state index < -0.39 is 0 Å². The van der Waals surface area contributed by atoms with E-state index in [1.165, 1.54) is 0 Å². The first-order valence-corrected chi connectivity index (χ1v) is 10.1. The molecule has 1 aliphatic carbocycles. The zero-order valence-electron chi connectivity index (χ0n) is 16.4. The first-order chi connectivity index (χ1) is 13.7. The number of hydrogen-bond donors (Lipinski definition) is 1. The molecule has 0 saturated heterocycles. The second kappa shape index (κ2) is 8.01. The number of benzene rings is 2. The van der Waals surface area contributed by atoms with E-state index in [1.54, 1.807) is 0 Å². The van der Waals surface area contributed by atoms with Crippen molar-refractivity contribution in [3.05, 3.63) is 78.1 Å². The van der Waals surface area contributed by atoms with Gasteiger partial charge in [-0.1, -0.05) is 73.5 Å². The highest BCUT2D eigenvalue weighted by Crippen LogP contribution is 2.41. The molecule has 0 bridgehead atoms. The minimum Gasteiger partial charge on any atom is -0.354 e. The summed E-state index contributed by atoms with van der Waals surface area (Å²) in [6, 6.07) is 20.5. The van der Waals surface area contributed by atoms with Crippen molar-refractivity contribution in [3.8, 4) is 11.4 Å². The maximum Gasteiger partial charge on any atom is 0.230 e. The lowest BCUT2D eigenvalue weighted by molar-refractivity contribution is -0.126. The number of nitrogens with one attached hydrogen (secondary N) is 1. The fourth-order valence-electron chi connectivity index (χ4n) is 4.39. The van der Waals surface area contributed by atoms with Crippen LogP contribution in [0.3, 0.4) is 0 Å². The van der Waals surface area contributed by atoms with Crippen LogP contribution < -0.4 is 5.32 Å². The van der Waals surface area contributed by atoms with E-state index in [-0.39, 0.29) is 11.3 Å². The van der Waals surface area contributed by atoms with E-state index in [4.69, 9.17) is 0 Å². The molecule has 4 heteroatoms. The van der Waals surface area contributed by atoms with Crippen LogP contribution in [0.5, 0.6) is 0 Å². The number of rotatable bonds is 6. The highest BCUT2D eigenvalue weighted by Gasteiger charge is 2.42. The maximum atomic E-state index is 13.2. The molecular formula is C24H27N3O. The van der Waals surface area contributed by atoms with E-state index in [0.717, 1.165) is 48.3 Å². The molecule has 4 nitrogen and oxygen atoms in total. The quantitative estimate of drug-likeness (QED) is 0.692. The van der Waals surface area contributed by atoms with Gasteiger partial charge >= 0.3 is 0 Å². The summed E-state index contributed by atoms with van der Waals surface area (Å²) >= 11 is 0.